The Balaban J connectivity index is 1.80. The number of carbonyl (C=O) groups is 1. The molecule has 0 saturated carbocycles. The zero-order valence-electron chi connectivity index (χ0n) is 20.4. The molecule has 0 saturated heterocycles. The van der Waals surface area contributed by atoms with E-state index in [-0.39, 0.29) is 18.0 Å². The third-order valence-electron chi connectivity index (χ3n) is 6.20. The number of carbonyl (C=O) groups excluding carboxylic acids is 1. The van der Waals surface area contributed by atoms with E-state index >= 15 is 0 Å². The SMILES string of the molecule is CN(C)CCNC(=O)C[C@H](c1cccc(F)c1)c1cn(Cc2ccccc2)c2ccc([N+](=O)[O-])cc12. The molecular formula is C28H29FN4O3. The van der Waals surface area contributed by atoms with Crippen molar-refractivity contribution in [2.75, 3.05) is 27.2 Å². The fraction of sp³-hybridized carbons (Fsp3) is 0.250. The molecule has 0 fully saturated rings. The number of likely N-dealkylation sites (N-methyl/N-ethyl adjacent to an activating group) is 1. The molecule has 0 aliphatic carbocycles. The number of nitro groups is 1. The van der Waals surface area contributed by atoms with E-state index in [4.69, 9.17) is 0 Å². The van der Waals surface area contributed by atoms with Gasteiger partial charge in [0.15, 0.2) is 0 Å². The highest BCUT2D eigenvalue weighted by Crippen LogP contribution is 2.37. The molecule has 0 bridgehead atoms. The van der Waals surface area contributed by atoms with Crippen molar-refractivity contribution in [3.8, 4) is 0 Å². The number of aromatic nitrogens is 1. The zero-order chi connectivity index (χ0) is 25.7. The Labute approximate surface area is 209 Å². The van der Waals surface area contributed by atoms with Crippen LogP contribution in [0.5, 0.6) is 0 Å². The fourth-order valence-electron chi connectivity index (χ4n) is 4.42. The first-order chi connectivity index (χ1) is 17.3. The summed E-state index contributed by atoms with van der Waals surface area (Å²) in [6, 6.07) is 20.9. The van der Waals surface area contributed by atoms with Crippen LogP contribution in [-0.2, 0) is 11.3 Å². The van der Waals surface area contributed by atoms with Gasteiger partial charge in [-0.2, -0.15) is 0 Å². The molecule has 0 aliphatic rings. The van der Waals surface area contributed by atoms with Crippen molar-refractivity contribution in [2.45, 2.75) is 18.9 Å². The van der Waals surface area contributed by atoms with Gasteiger partial charge in [0.1, 0.15) is 5.82 Å². The Morgan fingerprint density at radius 2 is 1.86 bits per heavy atom. The van der Waals surface area contributed by atoms with Crippen LogP contribution in [0.2, 0.25) is 0 Å². The van der Waals surface area contributed by atoms with Crippen molar-refractivity contribution in [3.05, 3.63) is 112 Å². The summed E-state index contributed by atoms with van der Waals surface area (Å²) in [6.07, 6.45) is 2.02. The Morgan fingerprint density at radius 3 is 2.56 bits per heavy atom. The molecule has 0 aliphatic heterocycles. The minimum atomic E-state index is -0.485. The van der Waals surface area contributed by atoms with Gasteiger partial charge in [0.25, 0.3) is 5.69 Å². The number of non-ortho nitro benzene ring substituents is 1. The van der Waals surface area contributed by atoms with Crippen LogP contribution in [0.3, 0.4) is 0 Å². The number of nitrogens with zero attached hydrogens (tertiary/aromatic N) is 3. The predicted molar refractivity (Wildman–Crippen MR) is 139 cm³/mol. The molecular weight excluding hydrogens is 459 g/mol. The summed E-state index contributed by atoms with van der Waals surface area (Å²) >= 11 is 0. The lowest BCUT2D eigenvalue weighted by Gasteiger charge is -2.18. The van der Waals surface area contributed by atoms with Crippen molar-refractivity contribution in [1.29, 1.82) is 0 Å². The van der Waals surface area contributed by atoms with Gasteiger partial charge >= 0.3 is 0 Å². The van der Waals surface area contributed by atoms with Crippen molar-refractivity contribution < 1.29 is 14.1 Å². The molecule has 3 aromatic carbocycles. The van der Waals surface area contributed by atoms with E-state index in [2.05, 4.69) is 5.32 Å². The van der Waals surface area contributed by atoms with Gasteiger partial charge in [-0.3, -0.25) is 14.9 Å². The average molecular weight is 489 g/mol. The molecule has 186 valence electrons. The minimum absolute atomic E-state index is 0.0327. The summed E-state index contributed by atoms with van der Waals surface area (Å²) in [5, 5.41) is 15.2. The summed E-state index contributed by atoms with van der Waals surface area (Å²) in [7, 11) is 3.85. The Bertz CT molecular complexity index is 1370. The van der Waals surface area contributed by atoms with Gasteiger partial charge in [0.05, 0.1) is 4.92 Å². The molecule has 4 aromatic rings. The van der Waals surface area contributed by atoms with Gasteiger partial charge in [0.2, 0.25) is 5.91 Å². The number of hydrogen-bond donors (Lipinski definition) is 1. The topological polar surface area (TPSA) is 80.4 Å². The summed E-state index contributed by atoms with van der Waals surface area (Å²) in [4.78, 5) is 26.1. The van der Waals surface area contributed by atoms with Gasteiger partial charge in [-0.1, -0.05) is 42.5 Å². The molecule has 8 heteroatoms. The van der Waals surface area contributed by atoms with E-state index in [1.54, 1.807) is 24.3 Å². The van der Waals surface area contributed by atoms with Crippen LogP contribution in [0.25, 0.3) is 10.9 Å². The van der Waals surface area contributed by atoms with Crippen LogP contribution in [0, 0.1) is 15.9 Å². The first-order valence-corrected chi connectivity index (χ1v) is 11.8. The Morgan fingerprint density at radius 1 is 1.08 bits per heavy atom. The number of rotatable bonds is 10. The lowest BCUT2D eigenvalue weighted by molar-refractivity contribution is -0.384. The monoisotopic (exact) mass is 488 g/mol. The second kappa shape index (κ2) is 11.1. The average Bonchev–Trinajstić information content (AvgIpc) is 3.20. The van der Waals surface area contributed by atoms with Crippen LogP contribution in [0.4, 0.5) is 10.1 Å². The van der Waals surface area contributed by atoms with Gasteiger partial charge in [-0.15, -0.1) is 0 Å². The number of amides is 1. The number of fused-ring (bicyclic) bond motifs is 1. The van der Waals surface area contributed by atoms with Gasteiger partial charge in [0, 0.05) is 61.2 Å². The molecule has 1 aromatic heterocycles. The third-order valence-corrected chi connectivity index (χ3v) is 6.20. The number of nitrogens with one attached hydrogen (secondary N) is 1. The van der Waals surface area contributed by atoms with E-state index in [1.807, 2.05) is 60.1 Å². The van der Waals surface area contributed by atoms with Crippen LogP contribution in [0.1, 0.15) is 29.0 Å². The van der Waals surface area contributed by atoms with E-state index < -0.39 is 16.7 Å². The van der Waals surface area contributed by atoms with Gasteiger partial charge < -0.3 is 14.8 Å². The van der Waals surface area contributed by atoms with E-state index in [0.717, 1.165) is 16.6 Å². The molecule has 36 heavy (non-hydrogen) atoms. The second-order valence-electron chi connectivity index (χ2n) is 9.12. The Hall–Kier alpha value is -4.04. The standard InChI is InChI=1S/C28H29FN4O3/c1-31(2)14-13-30-28(34)17-24(21-9-6-10-22(29)15-21)26-19-32(18-20-7-4-3-5-8-20)27-12-11-23(33(35)36)16-25(26)27/h3-12,15-16,19,24H,13-14,17-18H2,1-2H3,(H,30,34)/t24-/m1/s1. The van der Waals surface area contributed by atoms with Gasteiger partial charge in [-0.05, 0) is 49.0 Å². The summed E-state index contributed by atoms with van der Waals surface area (Å²) in [6.45, 7) is 1.74. The maximum absolute atomic E-state index is 14.2. The number of hydrogen-bond acceptors (Lipinski definition) is 4. The number of halogens is 1. The van der Waals surface area contributed by atoms with Crippen molar-refractivity contribution >= 4 is 22.5 Å². The van der Waals surface area contributed by atoms with Crippen molar-refractivity contribution in [3.63, 3.8) is 0 Å². The molecule has 4 rings (SSSR count). The van der Waals surface area contributed by atoms with Crippen molar-refractivity contribution in [1.82, 2.24) is 14.8 Å². The normalized spacial score (nSPS) is 12.1. The van der Waals surface area contributed by atoms with Crippen LogP contribution in [0.15, 0.2) is 79.0 Å². The maximum Gasteiger partial charge on any atom is 0.270 e. The first kappa shape index (κ1) is 25.1. The highest BCUT2D eigenvalue weighted by Gasteiger charge is 2.24. The fourth-order valence-corrected chi connectivity index (χ4v) is 4.42. The van der Waals surface area contributed by atoms with E-state index in [9.17, 15) is 19.3 Å². The molecule has 1 amide bonds. The summed E-state index contributed by atoms with van der Waals surface area (Å²) < 4.78 is 16.3. The quantitative estimate of drug-likeness (QED) is 0.253. The maximum atomic E-state index is 14.2. The van der Waals surface area contributed by atoms with E-state index in [0.29, 0.717) is 30.6 Å². The molecule has 0 radical (unpaired) electrons. The molecule has 1 atom stereocenters. The lowest BCUT2D eigenvalue weighted by atomic mass is 9.88. The lowest BCUT2D eigenvalue weighted by Crippen LogP contribution is -2.32. The summed E-state index contributed by atoms with van der Waals surface area (Å²) in [5.41, 5.74) is 3.24. The van der Waals surface area contributed by atoms with Crippen LogP contribution >= 0.6 is 0 Å². The molecule has 0 spiro atoms. The largest absolute Gasteiger partial charge is 0.355 e. The second-order valence-corrected chi connectivity index (χ2v) is 9.12. The van der Waals surface area contributed by atoms with Gasteiger partial charge in [-0.25, -0.2) is 4.39 Å². The van der Waals surface area contributed by atoms with Crippen LogP contribution in [-0.4, -0.2) is 47.5 Å². The third kappa shape index (κ3) is 5.95. The van der Waals surface area contributed by atoms with E-state index in [1.165, 1.54) is 18.2 Å². The summed E-state index contributed by atoms with van der Waals surface area (Å²) in [5.74, 6) is -1.05. The molecule has 0 unspecified atom stereocenters. The first-order valence-electron chi connectivity index (χ1n) is 11.8. The Kier molecular flexibility index (Phi) is 7.75. The molecule has 1 heterocycles. The zero-order valence-corrected chi connectivity index (χ0v) is 20.4. The molecule has 7 nitrogen and oxygen atoms in total. The number of nitro benzene ring substituents is 1. The number of benzene rings is 3. The highest BCUT2D eigenvalue weighted by atomic mass is 19.1. The smallest absolute Gasteiger partial charge is 0.270 e. The van der Waals surface area contributed by atoms with Crippen LogP contribution < -0.4 is 5.32 Å². The predicted octanol–water partition coefficient (Wildman–Crippen LogP) is 4.94. The van der Waals surface area contributed by atoms with Crippen molar-refractivity contribution in [2.24, 2.45) is 0 Å². The minimum Gasteiger partial charge on any atom is -0.355 e. The molecule has 1 N–H and O–H groups in total. The highest BCUT2D eigenvalue weighted by molar-refractivity contribution is 5.88.